The molecule has 29 heavy (non-hydrogen) atoms. The van der Waals surface area contributed by atoms with Crippen LogP contribution in [0.25, 0.3) is 0 Å². The van der Waals surface area contributed by atoms with Crippen LogP contribution < -0.4 is 10.6 Å². The van der Waals surface area contributed by atoms with Gasteiger partial charge in [0.15, 0.2) is 0 Å². The molecule has 0 unspecified atom stereocenters. The third-order valence-corrected chi connectivity index (χ3v) is 6.05. The summed E-state index contributed by atoms with van der Waals surface area (Å²) < 4.78 is 5.45. The van der Waals surface area contributed by atoms with Crippen LogP contribution in [0.2, 0.25) is 5.02 Å². The first-order valence-corrected chi connectivity index (χ1v) is 11.0. The summed E-state index contributed by atoms with van der Waals surface area (Å²) in [6.07, 6.45) is 0.966. The van der Waals surface area contributed by atoms with Gasteiger partial charge in [-0.1, -0.05) is 17.7 Å². The van der Waals surface area contributed by atoms with Crippen LogP contribution in [0.15, 0.2) is 41.8 Å². The van der Waals surface area contributed by atoms with Gasteiger partial charge in [0.2, 0.25) is 5.91 Å². The molecule has 0 saturated carbocycles. The Kier molecular flexibility index (Phi) is 8.49. The molecule has 2 N–H and O–H groups in total. The van der Waals surface area contributed by atoms with Crippen molar-refractivity contribution in [1.29, 1.82) is 0 Å². The Labute approximate surface area is 180 Å². The molecule has 3 rings (SSSR count). The average Bonchev–Trinajstić information content (AvgIpc) is 3.27. The molecule has 2 amide bonds. The van der Waals surface area contributed by atoms with Crippen LogP contribution in [0.1, 0.15) is 34.1 Å². The van der Waals surface area contributed by atoms with E-state index in [1.54, 1.807) is 35.6 Å². The maximum absolute atomic E-state index is 12.3. The SMILES string of the molecule is O=C(CCCNC(=O)c1ccc(Cl)cc1)NC[C@H](c1cccs1)N1CCOCC1. The monoisotopic (exact) mass is 435 g/mol. The van der Waals surface area contributed by atoms with E-state index in [4.69, 9.17) is 16.3 Å². The van der Waals surface area contributed by atoms with Gasteiger partial charge in [-0.2, -0.15) is 0 Å². The Hall–Kier alpha value is -1.93. The molecule has 8 heteroatoms. The maximum Gasteiger partial charge on any atom is 0.251 e. The number of amides is 2. The molecule has 0 bridgehead atoms. The molecule has 1 aliphatic rings. The van der Waals surface area contributed by atoms with Crippen molar-refractivity contribution in [3.8, 4) is 0 Å². The minimum atomic E-state index is -0.160. The first kappa shape index (κ1) is 21.8. The second-order valence-electron chi connectivity index (χ2n) is 6.85. The maximum atomic E-state index is 12.3. The van der Waals surface area contributed by atoms with Crippen molar-refractivity contribution in [2.45, 2.75) is 18.9 Å². The van der Waals surface area contributed by atoms with Crippen LogP contribution in [-0.4, -0.2) is 56.1 Å². The quantitative estimate of drug-likeness (QED) is 0.594. The highest BCUT2D eigenvalue weighted by Gasteiger charge is 2.23. The number of ether oxygens (including phenoxy) is 1. The molecular formula is C21H26ClN3O3S. The molecule has 0 aliphatic carbocycles. The molecule has 0 spiro atoms. The summed E-state index contributed by atoms with van der Waals surface area (Å²) in [6.45, 7) is 4.22. The van der Waals surface area contributed by atoms with Gasteiger partial charge in [0.25, 0.3) is 5.91 Å². The minimum Gasteiger partial charge on any atom is -0.379 e. The summed E-state index contributed by atoms with van der Waals surface area (Å²) in [4.78, 5) is 27.9. The van der Waals surface area contributed by atoms with Gasteiger partial charge in [-0.3, -0.25) is 14.5 Å². The normalized spacial score (nSPS) is 15.6. The summed E-state index contributed by atoms with van der Waals surface area (Å²) >= 11 is 7.54. The third-order valence-electron chi connectivity index (χ3n) is 4.82. The number of nitrogens with one attached hydrogen (secondary N) is 2. The third kappa shape index (κ3) is 6.82. The van der Waals surface area contributed by atoms with Gasteiger partial charge in [0.05, 0.1) is 19.3 Å². The smallest absolute Gasteiger partial charge is 0.251 e. The van der Waals surface area contributed by atoms with Crippen molar-refractivity contribution in [2.24, 2.45) is 0 Å². The zero-order chi connectivity index (χ0) is 20.5. The number of benzene rings is 1. The second kappa shape index (κ2) is 11.3. The molecular weight excluding hydrogens is 410 g/mol. The summed E-state index contributed by atoms with van der Waals surface area (Å²) in [7, 11) is 0. The molecule has 1 aromatic heterocycles. The van der Waals surface area contributed by atoms with Gasteiger partial charge >= 0.3 is 0 Å². The van der Waals surface area contributed by atoms with Crippen LogP contribution in [0.4, 0.5) is 0 Å². The van der Waals surface area contributed by atoms with Crippen molar-refractivity contribution in [3.63, 3.8) is 0 Å². The lowest BCUT2D eigenvalue weighted by Crippen LogP contribution is -2.43. The number of hydrogen-bond donors (Lipinski definition) is 2. The van der Waals surface area contributed by atoms with E-state index in [1.807, 2.05) is 6.07 Å². The number of halogens is 1. The lowest BCUT2D eigenvalue weighted by Gasteiger charge is -2.34. The van der Waals surface area contributed by atoms with Crippen LogP contribution in [-0.2, 0) is 9.53 Å². The van der Waals surface area contributed by atoms with Gasteiger partial charge in [0, 0.05) is 48.1 Å². The lowest BCUT2D eigenvalue weighted by atomic mass is 10.1. The number of hydrogen-bond acceptors (Lipinski definition) is 5. The van der Waals surface area contributed by atoms with E-state index in [9.17, 15) is 9.59 Å². The number of thiophene rings is 1. The fourth-order valence-corrected chi connectivity index (χ4v) is 4.22. The largest absolute Gasteiger partial charge is 0.379 e. The van der Waals surface area contributed by atoms with Gasteiger partial charge in [-0.15, -0.1) is 11.3 Å². The predicted octanol–water partition coefficient (Wildman–Crippen LogP) is 3.10. The van der Waals surface area contributed by atoms with Crippen molar-refractivity contribution in [3.05, 3.63) is 57.2 Å². The Balaban J connectivity index is 1.39. The van der Waals surface area contributed by atoms with Crippen molar-refractivity contribution < 1.29 is 14.3 Å². The Morgan fingerprint density at radius 3 is 2.59 bits per heavy atom. The van der Waals surface area contributed by atoms with Crippen molar-refractivity contribution in [1.82, 2.24) is 15.5 Å². The summed E-state index contributed by atoms with van der Waals surface area (Å²) in [5, 5.41) is 8.54. The van der Waals surface area contributed by atoms with Crippen LogP contribution in [0.3, 0.4) is 0 Å². The van der Waals surface area contributed by atoms with Crippen LogP contribution >= 0.6 is 22.9 Å². The number of carbonyl (C=O) groups is 2. The number of rotatable bonds is 9. The molecule has 1 fully saturated rings. The van der Waals surface area contributed by atoms with Crippen LogP contribution in [0, 0.1) is 0 Å². The Bertz CT molecular complexity index is 777. The topological polar surface area (TPSA) is 70.7 Å². The summed E-state index contributed by atoms with van der Waals surface area (Å²) in [5.74, 6) is -0.160. The zero-order valence-electron chi connectivity index (χ0n) is 16.2. The van der Waals surface area contributed by atoms with Gasteiger partial charge in [0.1, 0.15) is 0 Å². The minimum absolute atomic E-state index is 0.000516. The molecule has 2 heterocycles. The van der Waals surface area contributed by atoms with Gasteiger partial charge in [-0.05, 0) is 42.1 Å². The van der Waals surface area contributed by atoms with E-state index in [1.165, 1.54) is 4.88 Å². The van der Waals surface area contributed by atoms with E-state index in [-0.39, 0.29) is 17.9 Å². The molecule has 6 nitrogen and oxygen atoms in total. The van der Waals surface area contributed by atoms with E-state index < -0.39 is 0 Å². The summed E-state index contributed by atoms with van der Waals surface area (Å²) in [5.41, 5.74) is 0.558. The summed E-state index contributed by atoms with van der Waals surface area (Å²) in [6, 6.07) is 11.1. The molecule has 0 radical (unpaired) electrons. The first-order valence-electron chi connectivity index (χ1n) is 9.79. The fourth-order valence-electron chi connectivity index (χ4n) is 3.23. The Morgan fingerprint density at radius 2 is 1.90 bits per heavy atom. The highest BCUT2D eigenvalue weighted by atomic mass is 35.5. The highest BCUT2D eigenvalue weighted by molar-refractivity contribution is 7.10. The Morgan fingerprint density at radius 1 is 1.14 bits per heavy atom. The zero-order valence-corrected chi connectivity index (χ0v) is 17.8. The molecule has 156 valence electrons. The van der Waals surface area contributed by atoms with Crippen molar-refractivity contribution >= 4 is 34.8 Å². The van der Waals surface area contributed by atoms with Gasteiger partial charge in [-0.25, -0.2) is 0 Å². The van der Waals surface area contributed by atoms with Crippen molar-refractivity contribution in [2.75, 3.05) is 39.4 Å². The van der Waals surface area contributed by atoms with E-state index in [0.29, 0.717) is 36.5 Å². The number of carbonyl (C=O) groups excluding carboxylic acids is 2. The highest BCUT2D eigenvalue weighted by Crippen LogP contribution is 2.25. The fraction of sp³-hybridized carbons (Fsp3) is 0.429. The second-order valence-corrected chi connectivity index (χ2v) is 8.27. The molecule has 1 aromatic carbocycles. The molecule has 1 aliphatic heterocycles. The van der Waals surface area contributed by atoms with E-state index in [2.05, 4.69) is 27.0 Å². The molecule has 1 saturated heterocycles. The standard InChI is InChI=1S/C21H26ClN3O3S/c22-17-7-5-16(6-8-17)21(27)23-9-1-4-20(26)24-15-18(19-3-2-14-29-19)25-10-12-28-13-11-25/h2-3,5-8,14,18H,1,4,9-13,15H2,(H,23,27)(H,24,26)/t18-/m1/s1. The average molecular weight is 436 g/mol. The number of morpholine rings is 1. The number of nitrogens with zero attached hydrogens (tertiary/aromatic N) is 1. The van der Waals surface area contributed by atoms with E-state index >= 15 is 0 Å². The molecule has 1 atom stereocenters. The van der Waals surface area contributed by atoms with Gasteiger partial charge < -0.3 is 15.4 Å². The van der Waals surface area contributed by atoms with E-state index in [0.717, 1.165) is 26.3 Å². The predicted molar refractivity (Wildman–Crippen MR) is 115 cm³/mol. The first-order chi connectivity index (χ1) is 14.1. The van der Waals surface area contributed by atoms with Crippen LogP contribution in [0.5, 0.6) is 0 Å². The molecule has 2 aromatic rings. The lowest BCUT2D eigenvalue weighted by molar-refractivity contribution is -0.121.